The fraction of sp³-hybridized carbons (Fsp3) is 0. The van der Waals surface area contributed by atoms with E-state index in [0.29, 0.717) is 0 Å². The van der Waals surface area contributed by atoms with Gasteiger partial charge in [0.1, 0.15) is 11.2 Å². The fourth-order valence-electron chi connectivity index (χ4n) is 5.60. The molecule has 2 heterocycles. The minimum atomic E-state index is 0.733. The Morgan fingerprint density at radius 2 is 0.927 bits per heavy atom. The Hall–Kier alpha value is -5.54. The van der Waals surface area contributed by atoms with Gasteiger partial charge in [-0.15, -0.1) is 0 Å². The van der Waals surface area contributed by atoms with Gasteiger partial charge in [-0.1, -0.05) is 115 Å². The largest absolute Gasteiger partial charge is 0.456 e. The van der Waals surface area contributed by atoms with E-state index in [2.05, 4.69) is 109 Å². The number of hydrogen-bond acceptors (Lipinski definition) is 3. The summed E-state index contributed by atoms with van der Waals surface area (Å²) < 4.78 is 6.02. The van der Waals surface area contributed by atoms with Crippen LogP contribution in [0.4, 0.5) is 0 Å². The Labute approximate surface area is 237 Å². The van der Waals surface area contributed by atoms with Crippen molar-refractivity contribution >= 4 is 32.8 Å². The molecule has 8 aromatic rings. The second kappa shape index (κ2) is 9.58. The van der Waals surface area contributed by atoms with Crippen LogP contribution >= 0.6 is 0 Å². The molecule has 0 aliphatic carbocycles. The van der Waals surface area contributed by atoms with Gasteiger partial charge in [0.2, 0.25) is 0 Å². The van der Waals surface area contributed by atoms with Crippen LogP contribution < -0.4 is 0 Å². The van der Waals surface area contributed by atoms with Gasteiger partial charge >= 0.3 is 0 Å². The van der Waals surface area contributed by atoms with Crippen LogP contribution in [0.5, 0.6) is 0 Å². The third kappa shape index (κ3) is 4.16. The second-order valence-electron chi connectivity index (χ2n) is 10.2. The first-order chi connectivity index (χ1) is 20.3. The molecule has 0 amide bonds. The molecule has 0 saturated carbocycles. The standard InChI is InChI=1S/C38H24N2O/c1-3-9-27(10-4-1)37-33-24-29(19-21-34(33)39-38(40-37)28-11-5-2-6-12-28)25-15-17-26(18-16-25)30-20-22-36-32(23-30)31-13-7-8-14-35(31)41-36/h1-24H. The second-order valence-corrected chi connectivity index (χ2v) is 10.2. The van der Waals surface area contributed by atoms with Crippen LogP contribution in [0.3, 0.4) is 0 Å². The number of benzene rings is 6. The zero-order valence-corrected chi connectivity index (χ0v) is 22.2. The van der Waals surface area contributed by atoms with E-state index in [4.69, 9.17) is 14.4 Å². The Balaban J connectivity index is 1.20. The number of rotatable bonds is 4. The molecule has 0 aliphatic rings. The molecule has 0 unspecified atom stereocenters. The van der Waals surface area contributed by atoms with Crippen molar-refractivity contribution in [1.82, 2.24) is 9.97 Å². The zero-order valence-electron chi connectivity index (χ0n) is 22.2. The molecule has 0 atom stereocenters. The number of furan rings is 1. The summed E-state index contributed by atoms with van der Waals surface area (Å²) in [6.45, 7) is 0. The zero-order chi connectivity index (χ0) is 27.2. The van der Waals surface area contributed by atoms with Crippen molar-refractivity contribution in [3.63, 3.8) is 0 Å². The Bertz CT molecular complexity index is 2180. The molecule has 0 aliphatic heterocycles. The molecule has 2 aromatic heterocycles. The van der Waals surface area contributed by atoms with Gasteiger partial charge in [-0.25, -0.2) is 9.97 Å². The molecule has 0 radical (unpaired) electrons. The molecule has 6 aromatic carbocycles. The van der Waals surface area contributed by atoms with Crippen LogP contribution in [0.2, 0.25) is 0 Å². The van der Waals surface area contributed by atoms with Crippen molar-refractivity contribution in [2.24, 2.45) is 0 Å². The van der Waals surface area contributed by atoms with Gasteiger partial charge in [0, 0.05) is 27.3 Å². The first-order valence-electron chi connectivity index (χ1n) is 13.7. The van der Waals surface area contributed by atoms with Crippen LogP contribution in [0.25, 0.3) is 77.7 Å². The van der Waals surface area contributed by atoms with Gasteiger partial charge in [-0.2, -0.15) is 0 Å². The SMILES string of the molecule is c1ccc(-c2nc(-c3ccccc3)c3cc(-c4ccc(-c5ccc6oc7ccccc7c6c5)cc4)ccc3n2)cc1. The van der Waals surface area contributed by atoms with Crippen molar-refractivity contribution in [2.45, 2.75) is 0 Å². The van der Waals surface area contributed by atoms with Crippen molar-refractivity contribution in [1.29, 1.82) is 0 Å². The van der Waals surface area contributed by atoms with Crippen molar-refractivity contribution in [3.05, 3.63) is 146 Å². The van der Waals surface area contributed by atoms with E-state index in [1.54, 1.807) is 0 Å². The third-order valence-electron chi connectivity index (χ3n) is 7.70. The van der Waals surface area contributed by atoms with Crippen LogP contribution in [0, 0.1) is 0 Å². The summed E-state index contributed by atoms with van der Waals surface area (Å²) in [4.78, 5) is 10.00. The molecule has 0 fully saturated rings. The third-order valence-corrected chi connectivity index (χ3v) is 7.70. The Kier molecular flexibility index (Phi) is 5.46. The topological polar surface area (TPSA) is 38.9 Å². The summed E-state index contributed by atoms with van der Waals surface area (Å²) in [6.07, 6.45) is 0. The lowest BCUT2D eigenvalue weighted by Crippen LogP contribution is -1.95. The van der Waals surface area contributed by atoms with Gasteiger partial charge in [0.05, 0.1) is 11.2 Å². The quantitative estimate of drug-likeness (QED) is 0.230. The highest BCUT2D eigenvalue weighted by atomic mass is 16.3. The van der Waals surface area contributed by atoms with E-state index in [0.717, 1.165) is 66.6 Å². The summed E-state index contributed by atoms with van der Waals surface area (Å²) in [7, 11) is 0. The van der Waals surface area contributed by atoms with Gasteiger partial charge in [0.25, 0.3) is 0 Å². The summed E-state index contributed by atoms with van der Waals surface area (Å²) in [5, 5.41) is 3.32. The molecule has 0 saturated heterocycles. The molecule has 3 nitrogen and oxygen atoms in total. The monoisotopic (exact) mass is 524 g/mol. The fourth-order valence-corrected chi connectivity index (χ4v) is 5.60. The van der Waals surface area contributed by atoms with Crippen molar-refractivity contribution < 1.29 is 4.42 Å². The summed E-state index contributed by atoms with van der Waals surface area (Å²) in [6, 6.07) is 50.4. The molecule has 192 valence electrons. The van der Waals surface area contributed by atoms with E-state index >= 15 is 0 Å². The molecule has 0 N–H and O–H groups in total. The minimum Gasteiger partial charge on any atom is -0.456 e. The summed E-state index contributed by atoms with van der Waals surface area (Å²) in [5.41, 5.74) is 10.4. The van der Waals surface area contributed by atoms with Gasteiger partial charge < -0.3 is 4.42 Å². The average molecular weight is 525 g/mol. The van der Waals surface area contributed by atoms with E-state index in [1.165, 1.54) is 11.1 Å². The van der Waals surface area contributed by atoms with Crippen LogP contribution in [0.15, 0.2) is 150 Å². The molecular weight excluding hydrogens is 500 g/mol. The highest BCUT2D eigenvalue weighted by Gasteiger charge is 2.13. The highest BCUT2D eigenvalue weighted by Crippen LogP contribution is 2.35. The number of para-hydroxylation sites is 1. The van der Waals surface area contributed by atoms with Crippen molar-refractivity contribution in [3.8, 4) is 44.9 Å². The van der Waals surface area contributed by atoms with Crippen LogP contribution in [0.1, 0.15) is 0 Å². The van der Waals surface area contributed by atoms with E-state index < -0.39 is 0 Å². The van der Waals surface area contributed by atoms with Gasteiger partial charge in [0.15, 0.2) is 5.82 Å². The first-order valence-corrected chi connectivity index (χ1v) is 13.7. The number of fused-ring (bicyclic) bond motifs is 4. The Morgan fingerprint density at radius 1 is 0.366 bits per heavy atom. The van der Waals surface area contributed by atoms with E-state index in [-0.39, 0.29) is 0 Å². The molecule has 8 rings (SSSR count). The van der Waals surface area contributed by atoms with Gasteiger partial charge in [-0.3, -0.25) is 0 Å². The lowest BCUT2D eigenvalue weighted by atomic mass is 9.97. The summed E-state index contributed by atoms with van der Waals surface area (Å²) >= 11 is 0. The molecule has 3 heteroatoms. The Morgan fingerprint density at radius 3 is 1.66 bits per heavy atom. The van der Waals surface area contributed by atoms with E-state index in [1.807, 2.05) is 36.4 Å². The average Bonchev–Trinajstić information content (AvgIpc) is 3.43. The van der Waals surface area contributed by atoms with Crippen LogP contribution in [-0.2, 0) is 0 Å². The predicted octanol–water partition coefficient (Wildman–Crippen LogP) is 10.2. The predicted molar refractivity (Wildman–Crippen MR) is 169 cm³/mol. The highest BCUT2D eigenvalue weighted by molar-refractivity contribution is 6.06. The molecule has 0 spiro atoms. The van der Waals surface area contributed by atoms with Crippen molar-refractivity contribution in [2.75, 3.05) is 0 Å². The molecule has 41 heavy (non-hydrogen) atoms. The number of nitrogens with zero attached hydrogens (tertiary/aromatic N) is 2. The lowest BCUT2D eigenvalue weighted by molar-refractivity contribution is 0.669. The smallest absolute Gasteiger partial charge is 0.160 e. The number of aromatic nitrogens is 2. The minimum absolute atomic E-state index is 0.733. The summed E-state index contributed by atoms with van der Waals surface area (Å²) in [5.74, 6) is 0.733. The maximum absolute atomic E-state index is 6.02. The first kappa shape index (κ1) is 23.4. The normalized spacial score (nSPS) is 11.4. The van der Waals surface area contributed by atoms with Gasteiger partial charge in [-0.05, 0) is 52.6 Å². The maximum Gasteiger partial charge on any atom is 0.160 e. The van der Waals surface area contributed by atoms with E-state index in [9.17, 15) is 0 Å². The van der Waals surface area contributed by atoms with Crippen LogP contribution in [-0.4, -0.2) is 9.97 Å². The number of hydrogen-bond donors (Lipinski definition) is 0. The molecule has 0 bridgehead atoms. The molecular formula is C38H24N2O. The lowest BCUT2D eigenvalue weighted by Gasteiger charge is -2.11. The maximum atomic E-state index is 6.02.